The van der Waals surface area contributed by atoms with Crippen molar-refractivity contribution in [3.63, 3.8) is 0 Å². The van der Waals surface area contributed by atoms with Crippen LogP contribution in [0.4, 0.5) is 0 Å². The zero-order chi connectivity index (χ0) is 8.43. The summed E-state index contributed by atoms with van der Waals surface area (Å²) in [7, 11) is 0. The Morgan fingerprint density at radius 1 is 1.73 bits per heavy atom. The second kappa shape index (κ2) is 3.02. The van der Waals surface area contributed by atoms with Crippen LogP contribution in [0, 0.1) is 17.2 Å². The lowest BCUT2D eigenvalue weighted by atomic mass is 9.99. The van der Waals surface area contributed by atoms with Crippen molar-refractivity contribution in [1.82, 2.24) is 0 Å². The lowest BCUT2D eigenvalue weighted by Gasteiger charge is -2.07. The van der Waals surface area contributed by atoms with Gasteiger partial charge in [-0.15, -0.1) is 0 Å². The van der Waals surface area contributed by atoms with Crippen LogP contribution in [-0.2, 0) is 9.53 Å². The third-order valence-electron chi connectivity index (χ3n) is 2.00. The predicted octanol–water partition coefficient (Wildman–Crippen LogP) is 0.893. The largest absolute Gasteiger partial charge is 0.366 e. The van der Waals surface area contributed by atoms with Gasteiger partial charge in [0.25, 0.3) is 0 Å². The molecule has 1 saturated heterocycles. The summed E-state index contributed by atoms with van der Waals surface area (Å²) >= 11 is 0. The third-order valence-corrected chi connectivity index (χ3v) is 2.00. The van der Waals surface area contributed by atoms with Crippen LogP contribution < -0.4 is 0 Å². The van der Waals surface area contributed by atoms with E-state index in [2.05, 4.69) is 0 Å². The van der Waals surface area contributed by atoms with Crippen molar-refractivity contribution in [3.05, 3.63) is 0 Å². The number of Topliss-reactive ketones (excluding diaryl/α,β-unsaturated/α-hetero) is 1. The van der Waals surface area contributed by atoms with Crippen LogP contribution >= 0.6 is 0 Å². The second-order valence-electron chi connectivity index (χ2n) is 2.73. The number of carbonyl (C=O) groups is 1. The molecule has 1 aliphatic heterocycles. The molecular weight excluding hydrogens is 142 g/mol. The number of ether oxygens (including phenoxy) is 1. The lowest BCUT2D eigenvalue weighted by Crippen LogP contribution is -2.18. The molecule has 0 aliphatic carbocycles. The van der Waals surface area contributed by atoms with Crippen molar-refractivity contribution in [3.8, 4) is 6.07 Å². The number of ketones is 1. The summed E-state index contributed by atoms with van der Waals surface area (Å²) in [5.74, 6) is -0.602. The third kappa shape index (κ3) is 1.26. The Balaban J connectivity index is 2.75. The average Bonchev–Trinajstić information content (AvgIpc) is 2.28. The fraction of sp³-hybridized carbons (Fsp3) is 0.750. The minimum absolute atomic E-state index is 0.0700. The normalized spacial score (nSPS) is 37.2. The lowest BCUT2D eigenvalue weighted by molar-refractivity contribution is -0.122. The molecule has 3 atom stereocenters. The van der Waals surface area contributed by atoms with Gasteiger partial charge in [-0.25, -0.2) is 0 Å². The van der Waals surface area contributed by atoms with E-state index < -0.39 is 5.92 Å². The first-order chi connectivity index (χ1) is 5.20. The topological polar surface area (TPSA) is 50.1 Å². The highest BCUT2D eigenvalue weighted by atomic mass is 16.5. The fourth-order valence-corrected chi connectivity index (χ4v) is 1.32. The van der Waals surface area contributed by atoms with Crippen LogP contribution in [0.15, 0.2) is 0 Å². The molecule has 0 amide bonds. The summed E-state index contributed by atoms with van der Waals surface area (Å²) in [5, 5.41) is 8.60. The van der Waals surface area contributed by atoms with Crippen LogP contribution in [0.25, 0.3) is 0 Å². The molecule has 0 bridgehead atoms. The van der Waals surface area contributed by atoms with Crippen molar-refractivity contribution in [1.29, 1.82) is 5.26 Å². The van der Waals surface area contributed by atoms with Crippen molar-refractivity contribution >= 4 is 5.78 Å². The minimum atomic E-state index is -0.532. The monoisotopic (exact) mass is 153 g/mol. The van der Waals surface area contributed by atoms with Gasteiger partial charge in [-0.2, -0.15) is 5.26 Å². The molecule has 0 radical (unpaired) electrons. The zero-order valence-electron chi connectivity index (χ0n) is 6.70. The summed E-state index contributed by atoms with van der Waals surface area (Å²) in [4.78, 5) is 11.2. The van der Waals surface area contributed by atoms with Crippen LogP contribution in [0.5, 0.6) is 0 Å². The first-order valence-corrected chi connectivity index (χ1v) is 3.79. The smallest absolute Gasteiger partial charge is 0.181 e. The van der Waals surface area contributed by atoms with Crippen LogP contribution in [0.3, 0.4) is 0 Å². The first-order valence-electron chi connectivity index (χ1n) is 3.79. The van der Waals surface area contributed by atoms with E-state index in [0.717, 1.165) is 6.42 Å². The Morgan fingerprint density at radius 2 is 2.36 bits per heavy atom. The summed E-state index contributed by atoms with van der Waals surface area (Å²) in [6.45, 7) is 3.61. The van der Waals surface area contributed by atoms with Gasteiger partial charge in [0.15, 0.2) is 5.78 Å². The zero-order valence-corrected chi connectivity index (χ0v) is 6.70. The second-order valence-corrected chi connectivity index (χ2v) is 2.73. The maximum Gasteiger partial charge on any atom is 0.181 e. The van der Waals surface area contributed by atoms with Crippen LogP contribution in [0.1, 0.15) is 20.3 Å². The highest BCUT2D eigenvalue weighted by Crippen LogP contribution is 2.24. The van der Waals surface area contributed by atoms with Crippen molar-refractivity contribution < 1.29 is 9.53 Å². The van der Waals surface area contributed by atoms with E-state index in [1.807, 2.05) is 13.0 Å². The van der Waals surface area contributed by atoms with Gasteiger partial charge in [-0.05, 0) is 13.3 Å². The van der Waals surface area contributed by atoms with Gasteiger partial charge in [0.1, 0.15) is 12.0 Å². The molecule has 1 rings (SSSR count). The summed E-state index contributed by atoms with van der Waals surface area (Å²) < 4.78 is 5.25. The van der Waals surface area contributed by atoms with E-state index in [9.17, 15) is 4.79 Å². The van der Waals surface area contributed by atoms with Crippen LogP contribution in [0.2, 0.25) is 0 Å². The quantitative estimate of drug-likeness (QED) is 0.562. The van der Waals surface area contributed by atoms with Crippen molar-refractivity contribution in [2.45, 2.75) is 32.5 Å². The van der Waals surface area contributed by atoms with Crippen LogP contribution in [-0.4, -0.2) is 18.0 Å². The number of hydrogen-bond acceptors (Lipinski definition) is 3. The van der Waals surface area contributed by atoms with Gasteiger partial charge >= 0.3 is 0 Å². The molecular formula is C8H11NO2. The van der Waals surface area contributed by atoms with Gasteiger partial charge in [0, 0.05) is 0 Å². The first kappa shape index (κ1) is 8.22. The standard InChI is InChI=1S/C8H11NO2/c1-3-7-6(4-9)8(10)5(2)11-7/h5-7H,3H2,1-2H3. The molecule has 1 fully saturated rings. The number of nitriles is 1. The molecule has 1 heterocycles. The minimum Gasteiger partial charge on any atom is -0.366 e. The average molecular weight is 153 g/mol. The maximum absolute atomic E-state index is 11.2. The Kier molecular flexibility index (Phi) is 2.25. The highest BCUT2D eigenvalue weighted by molar-refractivity contribution is 5.89. The Hall–Kier alpha value is -0.880. The fourth-order valence-electron chi connectivity index (χ4n) is 1.32. The molecule has 1 aliphatic rings. The predicted molar refractivity (Wildman–Crippen MR) is 38.7 cm³/mol. The molecule has 3 unspecified atom stereocenters. The highest BCUT2D eigenvalue weighted by Gasteiger charge is 2.39. The van der Waals surface area contributed by atoms with E-state index in [4.69, 9.17) is 10.00 Å². The summed E-state index contributed by atoms with van der Waals surface area (Å²) in [6, 6.07) is 1.97. The van der Waals surface area contributed by atoms with Crippen molar-refractivity contribution in [2.75, 3.05) is 0 Å². The van der Waals surface area contributed by atoms with E-state index >= 15 is 0 Å². The number of carbonyl (C=O) groups excluding carboxylic acids is 1. The van der Waals surface area contributed by atoms with E-state index in [1.54, 1.807) is 6.92 Å². The molecule has 0 aromatic rings. The molecule has 0 aromatic carbocycles. The summed E-state index contributed by atoms with van der Waals surface area (Å²) in [6.07, 6.45) is 0.168. The Bertz CT molecular complexity index is 207. The molecule has 60 valence electrons. The summed E-state index contributed by atoms with van der Waals surface area (Å²) in [5.41, 5.74) is 0. The molecule has 0 aromatic heterocycles. The van der Waals surface area contributed by atoms with E-state index in [0.29, 0.717) is 0 Å². The van der Waals surface area contributed by atoms with Gasteiger partial charge in [-0.1, -0.05) is 6.92 Å². The SMILES string of the molecule is CCC1OC(C)C(=O)C1C#N. The van der Waals surface area contributed by atoms with Gasteiger partial charge in [0.2, 0.25) is 0 Å². The number of hydrogen-bond donors (Lipinski definition) is 0. The molecule has 11 heavy (non-hydrogen) atoms. The molecule has 3 heteroatoms. The number of rotatable bonds is 1. The van der Waals surface area contributed by atoms with Gasteiger partial charge in [-0.3, -0.25) is 4.79 Å². The molecule has 0 saturated carbocycles. The van der Waals surface area contributed by atoms with E-state index in [-0.39, 0.29) is 18.0 Å². The maximum atomic E-state index is 11.2. The van der Waals surface area contributed by atoms with Gasteiger partial charge in [0.05, 0.1) is 12.2 Å². The van der Waals surface area contributed by atoms with Crippen molar-refractivity contribution in [2.24, 2.45) is 5.92 Å². The molecule has 0 N–H and O–H groups in total. The van der Waals surface area contributed by atoms with E-state index in [1.165, 1.54) is 0 Å². The Labute approximate surface area is 66.0 Å². The number of nitrogens with zero attached hydrogens (tertiary/aromatic N) is 1. The van der Waals surface area contributed by atoms with Gasteiger partial charge < -0.3 is 4.74 Å². The molecule has 0 spiro atoms. The molecule has 3 nitrogen and oxygen atoms in total. The Morgan fingerprint density at radius 3 is 2.73 bits per heavy atom.